The number of anilines is 1. The van der Waals surface area contributed by atoms with Crippen LogP contribution in [0.15, 0.2) is 47.4 Å². The molecule has 178 valence electrons. The summed E-state index contributed by atoms with van der Waals surface area (Å²) in [5, 5.41) is 5.40. The molecule has 0 radical (unpaired) electrons. The molecular formula is C20H22Cl2N4O6S. The Bertz CT molecular complexity index is 1140. The zero-order valence-electron chi connectivity index (χ0n) is 17.7. The number of amides is 3. The second-order valence-corrected chi connectivity index (χ2v) is 9.95. The fourth-order valence-corrected chi connectivity index (χ4v) is 3.87. The van der Waals surface area contributed by atoms with Gasteiger partial charge in [0.05, 0.1) is 28.1 Å². The van der Waals surface area contributed by atoms with Crippen molar-refractivity contribution in [2.75, 3.05) is 26.0 Å². The molecule has 0 aliphatic carbocycles. The van der Waals surface area contributed by atoms with Crippen LogP contribution < -0.4 is 16.4 Å². The maximum atomic E-state index is 12.3. The number of nitrogens with zero attached hydrogens (tertiary/aromatic N) is 1. The molecule has 0 fully saturated rings. The largest absolute Gasteiger partial charge is 0.455 e. The summed E-state index contributed by atoms with van der Waals surface area (Å²) in [7, 11) is -1.01. The van der Waals surface area contributed by atoms with Gasteiger partial charge in [-0.3, -0.25) is 9.59 Å². The molecule has 0 saturated carbocycles. The van der Waals surface area contributed by atoms with Gasteiger partial charge in [-0.15, -0.1) is 0 Å². The Labute approximate surface area is 201 Å². The minimum Gasteiger partial charge on any atom is -0.455 e. The molecule has 0 aliphatic heterocycles. The highest BCUT2D eigenvalue weighted by atomic mass is 35.5. The van der Waals surface area contributed by atoms with Crippen molar-refractivity contribution >= 4 is 56.8 Å². The molecule has 2 aromatic rings. The van der Waals surface area contributed by atoms with E-state index in [9.17, 15) is 22.8 Å². The van der Waals surface area contributed by atoms with Crippen LogP contribution in [0.1, 0.15) is 18.0 Å². The summed E-state index contributed by atoms with van der Waals surface area (Å²) in [5.41, 5.74) is 5.77. The lowest BCUT2D eigenvalue weighted by Crippen LogP contribution is -2.35. The number of rotatable bonds is 9. The van der Waals surface area contributed by atoms with Gasteiger partial charge in [-0.25, -0.2) is 17.5 Å². The van der Waals surface area contributed by atoms with E-state index in [1.807, 2.05) is 0 Å². The van der Waals surface area contributed by atoms with Crippen LogP contribution in [-0.4, -0.2) is 51.3 Å². The van der Waals surface area contributed by atoms with Gasteiger partial charge < -0.3 is 21.1 Å². The van der Waals surface area contributed by atoms with Crippen molar-refractivity contribution in [2.45, 2.75) is 17.4 Å². The first kappa shape index (κ1) is 26.4. The van der Waals surface area contributed by atoms with Crippen molar-refractivity contribution in [1.29, 1.82) is 0 Å². The summed E-state index contributed by atoms with van der Waals surface area (Å²) in [6.45, 7) is -0.663. The van der Waals surface area contributed by atoms with Gasteiger partial charge in [-0.05, 0) is 35.9 Å². The molecule has 33 heavy (non-hydrogen) atoms. The minimum atomic E-state index is -3.75. The Kier molecular flexibility index (Phi) is 9.06. The van der Waals surface area contributed by atoms with Crippen LogP contribution in [0.2, 0.25) is 10.0 Å². The highest BCUT2D eigenvalue weighted by Gasteiger charge is 2.21. The molecule has 1 atom stereocenters. The topological polar surface area (TPSA) is 148 Å². The van der Waals surface area contributed by atoms with Gasteiger partial charge in [-0.1, -0.05) is 35.3 Å². The predicted octanol–water partition coefficient (Wildman–Crippen LogP) is 2.53. The molecule has 0 bridgehead atoms. The average Bonchev–Trinajstić information content (AvgIpc) is 2.73. The highest BCUT2D eigenvalue weighted by molar-refractivity contribution is 7.89. The fraction of sp³-hybridized carbons (Fsp3) is 0.250. The van der Waals surface area contributed by atoms with Gasteiger partial charge in [0.15, 0.2) is 6.61 Å². The number of nitrogens with two attached hydrogens (primary N) is 1. The van der Waals surface area contributed by atoms with Crippen molar-refractivity contribution in [3.63, 3.8) is 0 Å². The number of esters is 1. The van der Waals surface area contributed by atoms with E-state index in [-0.39, 0.29) is 22.0 Å². The first-order chi connectivity index (χ1) is 15.4. The smallest absolute Gasteiger partial charge is 0.312 e. The van der Waals surface area contributed by atoms with Crippen LogP contribution in [0, 0.1) is 0 Å². The van der Waals surface area contributed by atoms with Gasteiger partial charge >= 0.3 is 12.0 Å². The first-order valence-electron chi connectivity index (χ1n) is 9.39. The summed E-state index contributed by atoms with van der Waals surface area (Å²) < 4.78 is 30.5. The van der Waals surface area contributed by atoms with E-state index >= 15 is 0 Å². The van der Waals surface area contributed by atoms with Crippen molar-refractivity contribution in [3.8, 4) is 0 Å². The zero-order chi connectivity index (χ0) is 24.8. The molecule has 13 heteroatoms. The molecule has 0 saturated heterocycles. The predicted molar refractivity (Wildman–Crippen MR) is 123 cm³/mol. The molecule has 10 nitrogen and oxygen atoms in total. The van der Waals surface area contributed by atoms with Crippen LogP contribution in [0.25, 0.3) is 0 Å². The van der Waals surface area contributed by atoms with Crippen molar-refractivity contribution in [1.82, 2.24) is 9.62 Å². The number of benzene rings is 2. The molecule has 0 spiro atoms. The Hall–Kier alpha value is -2.86. The van der Waals surface area contributed by atoms with Gasteiger partial charge in [0.2, 0.25) is 10.0 Å². The normalized spacial score (nSPS) is 12.2. The second-order valence-electron chi connectivity index (χ2n) is 6.95. The standard InChI is InChI=1S/C20H22Cl2N4O6S/c1-26(2)33(30,31)14-7-8-15(22)17(9-14)24-18(27)11-32-19(28)10-16(25-20(23)29)12-3-5-13(21)6-4-12/h3-9,16H,10-11H2,1-2H3,(H,24,27)(H3,23,25,29)/t16-/m1/s1. The molecule has 3 amide bonds. The maximum absolute atomic E-state index is 12.3. The number of ether oxygens (including phenoxy) is 1. The SMILES string of the molecule is CN(C)S(=O)(=O)c1ccc(Cl)c(NC(=O)COC(=O)C[C@@H](NC(N)=O)c2ccc(Cl)cc2)c1. The Morgan fingerprint density at radius 1 is 1.09 bits per heavy atom. The van der Waals surface area contributed by atoms with Gasteiger partial charge in [0, 0.05) is 19.1 Å². The quantitative estimate of drug-likeness (QED) is 0.436. The first-order valence-corrected chi connectivity index (χ1v) is 11.6. The van der Waals surface area contributed by atoms with Crippen molar-refractivity contribution < 1.29 is 27.5 Å². The zero-order valence-corrected chi connectivity index (χ0v) is 20.0. The van der Waals surface area contributed by atoms with E-state index in [0.717, 1.165) is 4.31 Å². The summed E-state index contributed by atoms with van der Waals surface area (Å²) in [6.07, 6.45) is -0.296. The van der Waals surface area contributed by atoms with Gasteiger partial charge in [0.1, 0.15) is 0 Å². The number of halogens is 2. The number of nitrogens with one attached hydrogen (secondary N) is 2. The third kappa shape index (κ3) is 7.60. The van der Waals surface area contributed by atoms with Crippen LogP contribution in [-0.2, 0) is 24.3 Å². The lowest BCUT2D eigenvalue weighted by molar-refractivity contribution is -0.147. The molecule has 2 rings (SSSR count). The summed E-state index contributed by atoms with van der Waals surface area (Å²) in [6, 6.07) is 8.58. The van der Waals surface area contributed by atoms with Crippen LogP contribution >= 0.6 is 23.2 Å². The monoisotopic (exact) mass is 516 g/mol. The molecule has 0 heterocycles. The summed E-state index contributed by atoms with van der Waals surface area (Å²) >= 11 is 11.9. The minimum absolute atomic E-state index is 0.0371. The Morgan fingerprint density at radius 3 is 2.30 bits per heavy atom. The molecule has 0 unspecified atom stereocenters. The van der Waals surface area contributed by atoms with E-state index < -0.39 is 40.6 Å². The van der Waals surface area contributed by atoms with Crippen LogP contribution in [0.4, 0.5) is 10.5 Å². The lowest BCUT2D eigenvalue weighted by atomic mass is 10.0. The number of primary amides is 1. The molecule has 4 N–H and O–H groups in total. The highest BCUT2D eigenvalue weighted by Crippen LogP contribution is 2.26. The van der Waals surface area contributed by atoms with Crippen LogP contribution in [0.3, 0.4) is 0 Å². The maximum Gasteiger partial charge on any atom is 0.312 e. The number of sulfonamides is 1. The number of carbonyl (C=O) groups is 3. The number of carbonyl (C=O) groups excluding carboxylic acids is 3. The lowest BCUT2D eigenvalue weighted by Gasteiger charge is -2.17. The molecule has 0 aromatic heterocycles. The van der Waals surface area contributed by atoms with E-state index in [0.29, 0.717) is 10.6 Å². The van der Waals surface area contributed by atoms with Crippen LogP contribution in [0.5, 0.6) is 0 Å². The average molecular weight is 517 g/mol. The second kappa shape index (κ2) is 11.3. The molecule has 0 aliphatic rings. The molecule has 2 aromatic carbocycles. The van der Waals surface area contributed by atoms with Crippen molar-refractivity contribution in [3.05, 3.63) is 58.1 Å². The number of hydrogen-bond donors (Lipinski definition) is 3. The summed E-state index contributed by atoms with van der Waals surface area (Å²) in [5.74, 6) is -1.52. The number of urea groups is 1. The van der Waals surface area contributed by atoms with E-state index in [1.54, 1.807) is 24.3 Å². The Morgan fingerprint density at radius 2 is 1.73 bits per heavy atom. The third-order valence-corrected chi connectivity index (χ3v) is 6.71. The van der Waals surface area contributed by atoms with Gasteiger partial charge in [-0.2, -0.15) is 0 Å². The Balaban J connectivity index is 2.01. The van der Waals surface area contributed by atoms with E-state index in [4.69, 9.17) is 33.7 Å². The van der Waals surface area contributed by atoms with E-state index in [1.165, 1.54) is 32.3 Å². The van der Waals surface area contributed by atoms with Crippen molar-refractivity contribution in [2.24, 2.45) is 5.73 Å². The summed E-state index contributed by atoms with van der Waals surface area (Å²) in [4.78, 5) is 35.7. The fourth-order valence-electron chi connectivity index (χ4n) is 2.65. The third-order valence-electron chi connectivity index (χ3n) is 4.31. The van der Waals surface area contributed by atoms with Gasteiger partial charge in [0.25, 0.3) is 5.91 Å². The van der Waals surface area contributed by atoms with E-state index in [2.05, 4.69) is 10.6 Å². The molecular weight excluding hydrogens is 495 g/mol. The number of hydrogen-bond acceptors (Lipinski definition) is 6.